The first kappa shape index (κ1) is 37.7. The van der Waals surface area contributed by atoms with E-state index in [1.165, 1.54) is 16.5 Å². The van der Waals surface area contributed by atoms with Crippen molar-refractivity contribution in [3.05, 3.63) is 175 Å². The predicted molar refractivity (Wildman–Crippen MR) is 218 cm³/mol. The maximum absolute atomic E-state index is 14.1. The summed E-state index contributed by atoms with van der Waals surface area (Å²) in [4.78, 5) is 46.7. The van der Waals surface area contributed by atoms with Crippen LogP contribution < -0.4 is 10.1 Å². The van der Waals surface area contributed by atoms with Crippen molar-refractivity contribution in [2.24, 2.45) is 4.99 Å². The number of amidine groups is 1. The third kappa shape index (κ3) is 9.84. The topological polar surface area (TPSA) is 88.1 Å². The van der Waals surface area contributed by atoms with Crippen LogP contribution in [0.4, 0.5) is 0 Å². The minimum absolute atomic E-state index is 0.0809. The van der Waals surface area contributed by atoms with Crippen LogP contribution in [0.5, 0.6) is 5.75 Å². The number of nitrogens with zero attached hydrogens (tertiary/aromatic N) is 2. The number of ether oxygens (including phenoxy) is 1. The van der Waals surface area contributed by atoms with Crippen molar-refractivity contribution in [1.29, 1.82) is 0 Å². The molecule has 10 heteroatoms. The van der Waals surface area contributed by atoms with Crippen molar-refractivity contribution in [3.63, 3.8) is 0 Å². The lowest BCUT2D eigenvalue weighted by Gasteiger charge is -2.28. The maximum Gasteiger partial charge on any atom is 0.285 e. The Balaban J connectivity index is 1.39. The van der Waals surface area contributed by atoms with Gasteiger partial charge in [0, 0.05) is 5.70 Å². The molecular formula is C41H35BrIN3O4S. The van der Waals surface area contributed by atoms with Crippen LogP contribution in [0.15, 0.2) is 149 Å². The molecule has 4 aromatic rings. The van der Waals surface area contributed by atoms with Crippen LogP contribution in [0.25, 0.3) is 6.08 Å². The van der Waals surface area contributed by atoms with Gasteiger partial charge >= 0.3 is 0 Å². The van der Waals surface area contributed by atoms with Crippen LogP contribution in [-0.4, -0.2) is 33.5 Å². The van der Waals surface area contributed by atoms with Crippen LogP contribution in [0.2, 0.25) is 0 Å². The summed E-state index contributed by atoms with van der Waals surface area (Å²) in [5.41, 5.74) is 5.05. The first-order valence-corrected chi connectivity index (χ1v) is 18.9. The Morgan fingerprint density at radius 1 is 1.02 bits per heavy atom. The quantitative estimate of drug-likeness (QED) is 0.0664. The van der Waals surface area contributed by atoms with Crippen LogP contribution in [0.1, 0.15) is 40.8 Å². The van der Waals surface area contributed by atoms with Gasteiger partial charge in [-0.05, 0) is 98.9 Å². The zero-order valence-electron chi connectivity index (χ0n) is 28.0. The van der Waals surface area contributed by atoms with Gasteiger partial charge in [-0.25, -0.2) is 0 Å². The third-order valence-corrected chi connectivity index (χ3v) is 10.1. The summed E-state index contributed by atoms with van der Waals surface area (Å²) in [6.07, 6.45) is 8.25. The van der Waals surface area contributed by atoms with Gasteiger partial charge in [0.2, 0.25) is 5.91 Å². The highest BCUT2D eigenvalue weighted by molar-refractivity contribution is 14.1. The molecule has 1 N–H and O–H groups in total. The Morgan fingerprint density at radius 3 is 2.25 bits per heavy atom. The fourth-order valence-electron chi connectivity index (χ4n) is 5.20. The van der Waals surface area contributed by atoms with E-state index in [1.54, 1.807) is 37.3 Å². The second kappa shape index (κ2) is 18.1. The van der Waals surface area contributed by atoms with Crippen LogP contribution in [0, 0.1) is 10.5 Å². The summed E-state index contributed by atoms with van der Waals surface area (Å²) < 4.78 is 7.60. The summed E-state index contributed by atoms with van der Waals surface area (Å²) in [5, 5.41) is 3.21. The lowest BCUT2D eigenvalue weighted by atomic mass is 9.99. The molecule has 51 heavy (non-hydrogen) atoms. The largest absolute Gasteiger partial charge is 0.487 e. The van der Waals surface area contributed by atoms with Gasteiger partial charge in [0.05, 0.1) is 19.8 Å². The molecular weight excluding hydrogens is 837 g/mol. The molecule has 0 bridgehead atoms. The van der Waals surface area contributed by atoms with Crippen LogP contribution in [0.3, 0.4) is 0 Å². The molecule has 0 saturated carbocycles. The molecule has 4 aromatic carbocycles. The van der Waals surface area contributed by atoms with E-state index in [9.17, 15) is 14.4 Å². The fourth-order valence-corrected chi connectivity index (χ4v) is 7.78. The number of allylic oxidation sites excluding steroid dienone is 4. The van der Waals surface area contributed by atoms with Crippen molar-refractivity contribution in [2.45, 2.75) is 26.5 Å². The van der Waals surface area contributed by atoms with Crippen molar-refractivity contribution < 1.29 is 19.1 Å². The second-order valence-electron chi connectivity index (χ2n) is 11.4. The first-order chi connectivity index (χ1) is 24.7. The lowest BCUT2D eigenvalue weighted by molar-refractivity contribution is -0.126. The smallest absolute Gasteiger partial charge is 0.285 e. The molecule has 258 valence electrons. The molecule has 1 heterocycles. The number of carbonyl (C=O) groups excluding carboxylic acids is 3. The highest BCUT2D eigenvalue weighted by Gasteiger charge is 2.35. The van der Waals surface area contributed by atoms with E-state index in [4.69, 9.17) is 4.74 Å². The number of aliphatic imine (C=N–C) groups is 1. The van der Waals surface area contributed by atoms with Gasteiger partial charge in [0.15, 0.2) is 5.17 Å². The molecule has 1 aliphatic rings. The minimum atomic E-state index is -0.695. The molecule has 3 amide bonds. The molecule has 0 saturated heterocycles. The Kier molecular flexibility index (Phi) is 13.4. The molecule has 0 atom stereocenters. The number of hydrogen-bond acceptors (Lipinski definition) is 5. The summed E-state index contributed by atoms with van der Waals surface area (Å²) in [5.74, 6) is -0.961. The monoisotopic (exact) mass is 871 g/mol. The average Bonchev–Trinajstić information content (AvgIpc) is 3.13. The fraction of sp³-hybridized carbons (Fsp3) is 0.122. The molecule has 5 rings (SSSR count). The van der Waals surface area contributed by atoms with Gasteiger partial charge in [-0.1, -0.05) is 127 Å². The molecule has 0 aliphatic carbocycles. The average molecular weight is 873 g/mol. The molecule has 0 fully saturated rings. The predicted octanol–water partition coefficient (Wildman–Crippen LogP) is 9.33. The number of rotatable bonds is 12. The molecule has 0 spiro atoms. The Morgan fingerprint density at radius 2 is 1.67 bits per heavy atom. The van der Waals surface area contributed by atoms with Gasteiger partial charge in [-0.15, -0.1) is 0 Å². The standard InChI is InChI=1S/C41H35BrIN3O4S/c1-4-6-17-32(5-2)46-40(49)33(22-29-23-34(42)38(35(43)24-29)50-25-28-20-18-27(3)19-21-28)39(48)45-41(46)51-26-36(47)44-37(30-13-9-7-10-14-30)31-15-11-8-12-16-31/h4-24,37H,1,25-26H2,2-3H3,(H,44,47)/b17-6-,32-5+,33-22+. The maximum atomic E-state index is 14.1. The summed E-state index contributed by atoms with van der Waals surface area (Å²) in [7, 11) is 0. The molecule has 0 unspecified atom stereocenters. The number of thioether (sulfide) groups is 1. The van der Waals surface area contributed by atoms with E-state index in [1.807, 2.05) is 97.9 Å². The Labute approximate surface area is 324 Å². The van der Waals surface area contributed by atoms with Crippen molar-refractivity contribution in [1.82, 2.24) is 10.2 Å². The number of halogens is 2. The van der Waals surface area contributed by atoms with E-state index >= 15 is 0 Å². The molecule has 0 radical (unpaired) electrons. The van der Waals surface area contributed by atoms with Gasteiger partial charge < -0.3 is 10.1 Å². The zero-order chi connectivity index (χ0) is 36.3. The van der Waals surface area contributed by atoms with E-state index in [2.05, 4.69) is 55.4 Å². The van der Waals surface area contributed by atoms with Crippen LogP contribution in [-0.2, 0) is 21.0 Å². The van der Waals surface area contributed by atoms with E-state index in [-0.39, 0.29) is 28.4 Å². The van der Waals surface area contributed by atoms with Crippen molar-refractivity contribution in [3.8, 4) is 5.75 Å². The first-order valence-electron chi connectivity index (χ1n) is 16.0. The lowest BCUT2D eigenvalue weighted by Crippen LogP contribution is -2.42. The van der Waals surface area contributed by atoms with Crippen molar-refractivity contribution >= 4 is 79.2 Å². The summed E-state index contributed by atoms with van der Waals surface area (Å²) in [6, 6.07) is 30.8. The van der Waals surface area contributed by atoms with Gasteiger partial charge in [0.1, 0.15) is 17.9 Å². The number of amides is 3. The number of aryl methyl sites for hydroxylation is 1. The van der Waals surface area contributed by atoms with E-state index in [0.717, 1.165) is 32.0 Å². The van der Waals surface area contributed by atoms with E-state index in [0.29, 0.717) is 28.1 Å². The number of benzene rings is 4. The highest BCUT2D eigenvalue weighted by Crippen LogP contribution is 2.34. The zero-order valence-corrected chi connectivity index (χ0v) is 32.6. The second-order valence-corrected chi connectivity index (χ2v) is 14.4. The minimum Gasteiger partial charge on any atom is -0.487 e. The van der Waals surface area contributed by atoms with Gasteiger partial charge in [-0.2, -0.15) is 4.99 Å². The van der Waals surface area contributed by atoms with Gasteiger partial charge in [-0.3, -0.25) is 19.3 Å². The summed E-state index contributed by atoms with van der Waals surface area (Å²) in [6.45, 7) is 7.95. The van der Waals surface area contributed by atoms with E-state index < -0.39 is 11.8 Å². The molecule has 0 aromatic heterocycles. The number of hydrogen-bond donors (Lipinski definition) is 1. The molecule has 1 aliphatic heterocycles. The SMILES string of the molecule is C=C/C=C\C(=C/C)N1C(=O)/C(=C/c2cc(Br)c(OCc3ccc(C)cc3)c(I)c2)C(=O)N=C1SCC(=O)NC(c1ccccc1)c1ccccc1. The van der Waals surface area contributed by atoms with Crippen molar-refractivity contribution in [2.75, 3.05) is 5.75 Å². The Bertz CT molecular complexity index is 1980. The normalized spacial score (nSPS) is 14.3. The number of carbonyl (C=O) groups is 3. The Hall–Kier alpha value is -4.52. The summed E-state index contributed by atoms with van der Waals surface area (Å²) >= 11 is 6.80. The van der Waals surface area contributed by atoms with Crippen LogP contribution >= 0.6 is 50.3 Å². The number of nitrogens with one attached hydrogen (secondary N) is 1. The third-order valence-electron chi connectivity index (χ3n) is 7.75. The van der Waals surface area contributed by atoms with Gasteiger partial charge in [0.25, 0.3) is 11.8 Å². The highest BCUT2D eigenvalue weighted by atomic mass is 127. The molecule has 7 nitrogen and oxygen atoms in total.